The minimum Gasteiger partial charge on any atom is -0.309 e. The van der Waals surface area contributed by atoms with Crippen LogP contribution in [0.4, 0.5) is 11.4 Å². The molecule has 108 valence electrons. The van der Waals surface area contributed by atoms with E-state index in [9.17, 15) is 14.9 Å². The molecule has 1 N–H and O–H groups in total. The van der Waals surface area contributed by atoms with Gasteiger partial charge < -0.3 is 4.90 Å². The third-order valence-corrected chi connectivity index (χ3v) is 3.41. The van der Waals surface area contributed by atoms with Crippen LogP contribution < -0.4 is 4.90 Å². The van der Waals surface area contributed by atoms with Gasteiger partial charge in [-0.2, -0.15) is 0 Å². The molecule has 0 unspecified atom stereocenters. The molecule has 8 heteroatoms. The maximum atomic E-state index is 12.3. The second-order valence-corrected chi connectivity index (χ2v) is 4.96. The zero-order valence-corrected chi connectivity index (χ0v) is 11.3. The molecule has 1 heterocycles. The summed E-state index contributed by atoms with van der Waals surface area (Å²) in [6, 6.07) is 5.74. The molecule has 8 nitrogen and oxygen atoms in total. The van der Waals surface area contributed by atoms with E-state index in [1.165, 1.54) is 29.2 Å². The second kappa shape index (κ2) is 4.97. The number of carbonyl (C=O) groups is 1. The molecule has 0 spiro atoms. The minimum atomic E-state index is -0.483. The number of rotatable bonds is 4. The molecule has 21 heavy (non-hydrogen) atoms. The summed E-state index contributed by atoms with van der Waals surface area (Å²) in [6.07, 6.45) is 2.14. The number of non-ortho nitro benzene ring substituents is 1. The number of nitro groups is 1. The third kappa shape index (κ3) is 2.60. The zero-order valence-electron chi connectivity index (χ0n) is 11.3. The molecule has 1 saturated carbocycles. The Morgan fingerprint density at radius 1 is 1.38 bits per heavy atom. The van der Waals surface area contributed by atoms with Crippen molar-refractivity contribution in [3.63, 3.8) is 0 Å². The number of nitro benzene ring substituents is 1. The number of amides is 1. The second-order valence-electron chi connectivity index (χ2n) is 4.96. The molecule has 3 rings (SSSR count). The molecule has 0 saturated heterocycles. The monoisotopic (exact) mass is 287 g/mol. The van der Waals surface area contributed by atoms with E-state index in [4.69, 9.17) is 0 Å². The number of benzene rings is 1. The Bertz CT molecular complexity index is 690. The quantitative estimate of drug-likeness (QED) is 0.682. The molecular formula is C13H13N5O3. The van der Waals surface area contributed by atoms with Crippen molar-refractivity contribution in [2.45, 2.75) is 18.8 Å². The van der Waals surface area contributed by atoms with Crippen molar-refractivity contribution in [2.24, 2.45) is 0 Å². The van der Waals surface area contributed by atoms with Crippen molar-refractivity contribution < 1.29 is 9.72 Å². The van der Waals surface area contributed by atoms with E-state index in [0.717, 1.165) is 18.7 Å². The topological polar surface area (TPSA) is 105 Å². The Labute approximate surface area is 119 Å². The van der Waals surface area contributed by atoms with Gasteiger partial charge in [-0.1, -0.05) is 0 Å². The van der Waals surface area contributed by atoms with E-state index in [1.807, 2.05) is 0 Å². The van der Waals surface area contributed by atoms with Gasteiger partial charge >= 0.3 is 0 Å². The smallest absolute Gasteiger partial charge is 0.297 e. The van der Waals surface area contributed by atoms with Crippen LogP contribution in [0.25, 0.3) is 0 Å². The standard InChI is InChI=1S/C13H13N5O3/c1-17(9-4-6-10(7-5-9)18(20)21)13(19)12-14-11(15-16-12)8-2-3-8/h4-8H,2-3H2,1H3,(H,14,15,16). The Hall–Kier alpha value is -2.77. The minimum absolute atomic E-state index is 0.0199. The molecule has 1 aromatic heterocycles. The highest BCUT2D eigenvalue weighted by molar-refractivity contribution is 6.03. The predicted molar refractivity (Wildman–Crippen MR) is 74.2 cm³/mol. The molecule has 0 atom stereocenters. The summed E-state index contributed by atoms with van der Waals surface area (Å²) < 4.78 is 0. The maximum Gasteiger partial charge on any atom is 0.297 e. The van der Waals surface area contributed by atoms with E-state index in [0.29, 0.717) is 11.6 Å². The Balaban J connectivity index is 1.77. The fraction of sp³-hybridized carbons (Fsp3) is 0.308. The van der Waals surface area contributed by atoms with Crippen LogP contribution in [0.2, 0.25) is 0 Å². The molecule has 1 fully saturated rings. The van der Waals surface area contributed by atoms with Gasteiger partial charge in [0.05, 0.1) is 4.92 Å². The van der Waals surface area contributed by atoms with E-state index in [1.54, 1.807) is 7.05 Å². The van der Waals surface area contributed by atoms with Crippen LogP contribution in [0.15, 0.2) is 24.3 Å². The van der Waals surface area contributed by atoms with Crippen LogP contribution in [0, 0.1) is 10.1 Å². The molecule has 1 amide bonds. The van der Waals surface area contributed by atoms with Crippen LogP contribution in [0.5, 0.6) is 0 Å². The summed E-state index contributed by atoms with van der Waals surface area (Å²) in [7, 11) is 1.58. The first-order valence-corrected chi connectivity index (χ1v) is 6.51. The molecule has 1 aliphatic rings. The van der Waals surface area contributed by atoms with Gasteiger partial charge in [0.2, 0.25) is 5.82 Å². The van der Waals surface area contributed by atoms with Crippen molar-refractivity contribution in [2.75, 3.05) is 11.9 Å². The van der Waals surface area contributed by atoms with Crippen LogP contribution in [0.1, 0.15) is 35.2 Å². The Morgan fingerprint density at radius 3 is 2.62 bits per heavy atom. The number of hydrogen-bond acceptors (Lipinski definition) is 5. The number of aromatic amines is 1. The number of aromatic nitrogens is 3. The average molecular weight is 287 g/mol. The SMILES string of the molecule is CN(C(=O)c1n[nH]c(C2CC2)n1)c1ccc([N+](=O)[O-])cc1. The number of nitrogens with zero attached hydrogens (tertiary/aromatic N) is 4. The van der Waals surface area contributed by atoms with Crippen LogP contribution in [-0.2, 0) is 0 Å². The summed E-state index contributed by atoms with van der Waals surface area (Å²) in [5.74, 6) is 0.893. The lowest BCUT2D eigenvalue weighted by molar-refractivity contribution is -0.384. The predicted octanol–water partition coefficient (Wildman–Crippen LogP) is 1.87. The van der Waals surface area contributed by atoms with Gasteiger partial charge in [-0.3, -0.25) is 20.0 Å². The van der Waals surface area contributed by atoms with Gasteiger partial charge in [0, 0.05) is 30.8 Å². The first-order chi connectivity index (χ1) is 10.1. The fourth-order valence-electron chi connectivity index (χ4n) is 1.97. The number of anilines is 1. The number of carbonyl (C=O) groups excluding carboxylic acids is 1. The van der Waals surface area contributed by atoms with E-state index >= 15 is 0 Å². The first-order valence-electron chi connectivity index (χ1n) is 6.51. The van der Waals surface area contributed by atoms with E-state index < -0.39 is 4.92 Å². The molecule has 0 radical (unpaired) electrons. The van der Waals surface area contributed by atoms with Gasteiger partial charge in [0.25, 0.3) is 11.6 Å². The normalized spacial score (nSPS) is 14.0. The lowest BCUT2D eigenvalue weighted by atomic mass is 10.2. The molecule has 0 bridgehead atoms. The zero-order chi connectivity index (χ0) is 15.0. The summed E-state index contributed by atoms with van der Waals surface area (Å²) in [5, 5.41) is 17.3. The molecule has 1 aromatic carbocycles. The van der Waals surface area contributed by atoms with Crippen molar-refractivity contribution in [1.82, 2.24) is 15.2 Å². The lowest BCUT2D eigenvalue weighted by Crippen LogP contribution is -2.27. The largest absolute Gasteiger partial charge is 0.309 e. The van der Waals surface area contributed by atoms with Crippen LogP contribution >= 0.6 is 0 Å². The number of nitrogens with one attached hydrogen (secondary N) is 1. The first kappa shape index (κ1) is 13.2. The molecule has 0 aliphatic heterocycles. The number of H-pyrrole nitrogens is 1. The highest BCUT2D eigenvalue weighted by Crippen LogP contribution is 2.37. The molecule has 1 aliphatic carbocycles. The molecule has 2 aromatic rings. The van der Waals surface area contributed by atoms with Crippen LogP contribution in [0.3, 0.4) is 0 Å². The van der Waals surface area contributed by atoms with Gasteiger partial charge in [0.15, 0.2) is 0 Å². The highest BCUT2D eigenvalue weighted by Gasteiger charge is 2.29. The Kier molecular flexibility index (Phi) is 3.13. The van der Waals surface area contributed by atoms with Crippen LogP contribution in [-0.4, -0.2) is 33.1 Å². The maximum absolute atomic E-state index is 12.3. The van der Waals surface area contributed by atoms with Crippen molar-refractivity contribution >= 4 is 17.3 Å². The number of hydrogen-bond donors (Lipinski definition) is 1. The van der Waals surface area contributed by atoms with Gasteiger partial charge in [-0.05, 0) is 25.0 Å². The van der Waals surface area contributed by atoms with Crippen molar-refractivity contribution in [3.8, 4) is 0 Å². The van der Waals surface area contributed by atoms with E-state index in [2.05, 4.69) is 15.2 Å². The summed E-state index contributed by atoms with van der Waals surface area (Å²) >= 11 is 0. The summed E-state index contributed by atoms with van der Waals surface area (Å²) in [5.41, 5.74) is 0.525. The highest BCUT2D eigenvalue weighted by atomic mass is 16.6. The summed E-state index contributed by atoms with van der Waals surface area (Å²) in [6.45, 7) is 0. The Morgan fingerprint density at radius 2 is 2.05 bits per heavy atom. The van der Waals surface area contributed by atoms with Crippen molar-refractivity contribution in [1.29, 1.82) is 0 Å². The van der Waals surface area contributed by atoms with E-state index in [-0.39, 0.29) is 17.4 Å². The van der Waals surface area contributed by atoms with Gasteiger partial charge in [0.1, 0.15) is 5.82 Å². The van der Waals surface area contributed by atoms with Gasteiger partial charge in [-0.15, -0.1) is 5.10 Å². The molecular weight excluding hydrogens is 274 g/mol. The van der Waals surface area contributed by atoms with Crippen molar-refractivity contribution in [3.05, 3.63) is 46.0 Å². The van der Waals surface area contributed by atoms with Gasteiger partial charge in [-0.25, -0.2) is 4.98 Å². The summed E-state index contributed by atoms with van der Waals surface area (Å²) in [4.78, 5) is 28.0. The average Bonchev–Trinajstić information content (AvgIpc) is 3.23. The fourth-order valence-corrected chi connectivity index (χ4v) is 1.97. The third-order valence-electron chi connectivity index (χ3n) is 3.41. The lowest BCUT2D eigenvalue weighted by Gasteiger charge is -2.14.